The highest BCUT2D eigenvalue weighted by Gasteiger charge is 2.30. The molecule has 1 atom stereocenters. The third-order valence-electron chi connectivity index (χ3n) is 4.99. The quantitative estimate of drug-likeness (QED) is 0.796. The van der Waals surface area contributed by atoms with Crippen LogP contribution in [0, 0.1) is 5.92 Å². The minimum absolute atomic E-state index is 0.179. The van der Waals surface area contributed by atoms with Crippen LogP contribution in [0.25, 0.3) is 0 Å². The number of fused-ring (bicyclic) bond motifs is 1. The zero-order chi connectivity index (χ0) is 18.7. The molecule has 1 N–H and O–H groups in total. The summed E-state index contributed by atoms with van der Waals surface area (Å²) in [7, 11) is 0.153. The maximum Gasteiger partial charge on any atom is 0.285 e. The fourth-order valence-electron chi connectivity index (χ4n) is 3.61. The topological polar surface area (TPSA) is 82.1 Å². The van der Waals surface area contributed by atoms with Crippen molar-refractivity contribution < 1.29 is 13.2 Å². The SMILES string of the molecule is CNCC1CCN(C(=O)CCCN(C)C2=NS(=O)(=O)c3ccccc32)C1. The summed E-state index contributed by atoms with van der Waals surface area (Å²) < 4.78 is 28.2. The van der Waals surface area contributed by atoms with Crippen molar-refractivity contribution in [3.63, 3.8) is 0 Å². The maximum atomic E-state index is 12.4. The molecule has 1 saturated heterocycles. The van der Waals surface area contributed by atoms with Gasteiger partial charge in [0.25, 0.3) is 10.0 Å². The molecule has 1 fully saturated rings. The molecule has 8 heteroatoms. The highest BCUT2D eigenvalue weighted by molar-refractivity contribution is 7.90. The van der Waals surface area contributed by atoms with Gasteiger partial charge in [0.15, 0.2) is 0 Å². The summed E-state index contributed by atoms with van der Waals surface area (Å²) in [4.78, 5) is 16.4. The van der Waals surface area contributed by atoms with E-state index in [4.69, 9.17) is 0 Å². The average Bonchev–Trinajstić information content (AvgIpc) is 3.18. The number of amides is 1. The molecule has 0 saturated carbocycles. The van der Waals surface area contributed by atoms with E-state index in [-0.39, 0.29) is 10.8 Å². The smallest absolute Gasteiger partial charge is 0.285 e. The first-order valence-corrected chi connectivity index (χ1v) is 10.4. The average molecular weight is 378 g/mol. The first-order valence-electron chi connectivity index (χ1n) is 9.00. The van der Waals surface area contributed by atoms with Gasteiger partial charge in [-0.25, -0.2) is 0 Å². The number of carbonyl (C=O) groups is 1. The van der Waals surface area contributed by atoms with Crippen LogP contribution in [0.4, 0.5) is 0 Å². The van der Waals surface area contributed by atoms with Crippen molar-refractivity contribution in [1.29, 1.82) is 0 Å². The lowest BCUT2D eigenvalue weighted by molar-refractivity contribution is -0.130. The largest absolute Gasteiger partial charge is 0.358 e. The van der Waals surface area contributed by atoms with Crippen LogP contribution in [0.3, 0.4) is 0 Å². The van der Waals surface area contributed by atoms with E-state index in [9.17, 15) is 13.2 Å². The Bertz CT molecular complexity index is 806. The zero-order valence-electron chi connectivity index (χ0n) is 15.3. The number of amidine groups is 1. The van der Waals surface area contributed by atoms with Crippen molar-refractivity contribution in [3.8, 4) is 0 Å². The van der Waals surface area contributed by atoms with Crippen LogP contribution in [-0.4, -0.2) is 70.2 Å². The van der Waals surface area contributed by atoms with Crippen molar-refractivity contribution >= 4 is 21.8 Å². The number of carbonyl (C=O) groups excluding carboxylic acids is 1. The van der Waals surface area contributed by atoms with Crippen LogP contribution in [0.15, 0.2) is 33.6 Å². The first-order chi connectivity index (χ1) is 12.4. The van der Waals surface area contributed by atoms with Gasteiger partial charge in [-0.3, -0.25) is 4.79 Å². The second-order valence-corrected chi connectivity index (χ2v) is 8.54. The van der Waals surface area contributed by atoms with E-state index < -0.39 is 10.0 Å². The van der Waals surface area contributed by atoms with Crippen LogP contribution >= 0.6 is 0 Å². The van der Waals surface area contributed by atoms with E-state index in [2.05, 4.69) is 9.71 Å². The van der Waals surface area contributed by atoms with Crippen LogP contribution < -0.4 is 5.32 Å². The number of hydrogen-bond acceptors (Lipinski definition) is 5. The van der Waals surface area contributed by atoms with E-state index in [1.54, 1.807) is 18.2 Å². The molecule has 26 heavy (non-hydrogen) atoms. The van der Waals surface area contributed by atoms with Gasteiger partial charge >= 0.3 is 0 Å². The van der Waals surface area contributed by atoms with Gasteiger partial charge in [0.2, 0.25) is 5.91 Å². The Morgan fingerprint density at radius 2 is 2.15 bits per heavy atom. The summed E-state index contributed by atoms with van der Waals surface area (Å²) in [5, 5.41) is 3.17. The van der Waals surface area contributed by atoms with Gasteiger partial charge in [-0.15, -0.1) is 4.40 Å². The lowest BCUT2D eigenvalue weighted by atomic mass is 10.1. The monoisotopic (exact) mass is 378 g/mol. The first kappa shape index (κ1) is 18.8. The summed E-state index contributed by atoms with van der Waals surface area (Å²) in [5.41, 5.74) is 0.635. The Hall–Kier alpha value is -1.93. The molecule has 0 radical (unpaired) electrons. The summed E-state index contributed by atoms with van der Waals surface area (Å²) >= 11 is 0. The molecule has 0 spiro atoms. The van der Waals surface area contributed by atoms with E-state index in [0.29, 0.717) is 36.7 Å². The predicted molar refractivity (Wildman–Crippen MR) is 101 cm³/mol. The van der Waals surface area contributed by atoms with Gasteiger partial charge in [0, 0.05) is 38.7 Å². The van der Waals surface area contributed by atoms with E-state index in [0.717, 1.165) is 26.1 Å². The van der Waals surface area contributed by atoms with Gasteiger partial charge in [-0.2, -0.15) is 8.42 Å². The summed E-state index contributed by atoms with van der Waals surface area (Å²) in [6.45, 7) is 3.19. The number of likely N-dealkylation sites (tertiary alicyclic amines) is 1. The molecule has 0 bridgehead atoms. The Morgan fingerprint density at radius 3 is 2.92 bits per heavy atom. The fourth-order valence-corrected chi connectivity index (χ4v) is 4.86. The summed E-state index contributed by atoms with van der Waals surface area (Å²) in [6.07, 6.45) is 2.19. The summed E-state index contributed by atoms with van der Waals surface area (Å²) in [6, 6.07) is 6.85. The van der Waals surface area contributed by atoms with E-state index >= 15 is 0 Å². The minimum Gasteiger partial charge on any atom is -0.358 e. The van der Waals surface area contributed by atoms with Gasteiger partial charge < -0.3 is 15.1 Å². The number of sulfonamides is 1. The molecule has 0 aromatic heterocycles. The Labute approximate surface area is 155 Å². The van der Waals surface area contributed by atoms with Crippen molar-refractivity contribution in [1.82, 2.24) is 15.1 Å². The van der Waals surface area contributed by atoms with Crippen LogP contribution in [-0.2, 0) is 14.8 Å². The third-order valence-corrected chi connectivity index (χ3v) is 6.31. The Morgan fingerprint density at radius 1 is 1.38 bits per heavy atom. The molecule has 1 aromatic carbocycles. The molecule has 0 aliphatic carbocycles. The molecule has 1 amide bonds. The molecular weight excluding hydrogens is 352 g/mol. The molecule has 2 heterocycles. The Balaban J connectivity index is 1.52. The number of hydrogen-bond donors (Lipinski definition) is 1. The normalized spacial score (nSPS) is 20.8. The van der Waals surface area contributed by atoms with E-state index in [1.807, 2.05) is 30.0 Å². The molecule has 1 unspecified atom stereocenters. The maximum absolute atomic E-state index is 12.4. The molecule has 7 nitrogen and oxygen atoms in total. The number of nitrogens with zero attached hydrogens (tertiary/aromatic N) is 3. The fraction of sp³-hybridized carbons (Fsp3) is 0.556. The lowest BCUT2D eigenvalue weighted by Crippen LogP contribution is -2.32. The second-order valence-electron chi connectivity index (χ2n) is 6.96. The summed E-state index contributed by atoms with van der Waals surface area (Å²) in [5.74, 6) is 1.18. The van der Waals surface area contributed by atoms with Crippen molar-refractivity contribution in [2.24, 2.45) is 10.3 Å². The Kier molecular flexibility index (Phi) is 5.62. The third kappa shape index (κ3) is 3.91. The van der Waals surface area contributed by atoms with Crippen molar-refractivity contribution in [2.45, 2.75) is 24.2 Å². The number of benzene rings is 1. The molecule has 3 rings (SSSR count). The molecule has 1 aromatic rings. The predicted octanol–water partition coefficient (Wildman–Crippen LogP) is 0.915. The highest BCUT2D eigenvalue weighted by Crippen LogP contribution is 2.27. The lowest BCUT2D eigenvalue weighted by Gasteiger charge is -2.20. The standard InChI is InChI=1S/C18H26N4O3S/c1-19-12-14-9-11-22(13-14)17(23)8-5-10-21(2)18-15-6-3-4-7-16(15)26(24,25)20-18/h3-4,6-7,14,19H,5,8-13H2,1-2H3. The van der Waals surface area contributed by atoms with Gasteiger partial charge in [-0.05, 0) is 44.5 Å². The highest BCUT2D eigenvalue weighted by atomic mass is 32.2. The van der Waals surface area contributed by atoms with Crippen molar-refractivity contribution in [2.75, 3.05) is 40.3 Å². The second kappa shape index (κ2) is 7.75. The van der Waals surface area contributed by atoms with Gasteiger partial charge in [0.05, 0.1) is 0 Å². The van der Waals surface area contributed by atoms with Crippen LogP contribution in [0.1, 0.15) is 24.8 Å². The van der Waals surface area contributed by atoms with Gasteiger partial charge in [-0.1, -0.05) is 12.1 Å². The van der Waals surface area contributed by atoms with Crippen LogP contribution in [0.2, 0.25) is 0 Å². The van der Waals surface area contributed by atoms with Crippen LogP contribution in [0.5, 0.6) is 0 Å². The minimum atomic E-state index is -3.60. The molecule has 2 aliphatic heterocycles. The van der Waals surface area contributed by atoms with E-state index in [1.165, 1.54) is 0 Å². The molecule has 142 valence electrons. The number of rotatable bonds is 6. The van der Waals surface area contributed by atoms with Crippen molar-refractivity contribution in [3.05, 3.63) is 29.8 Å². The number of nitrogens with one attached hydrogen (secondary N) is 1. The van der Waals surface area contributed by atoms with Gasteiger partial charge in [0.1, 0.15) is 10.7 Å². The zero-order valence-corrected chi connectivity index (χ0v) is 16.1. The molecular formula is C18H26N4O3S. The molecule has 2 aliphatic rings.